The van der Waals surface area contributed by atoms with E-state index >= 15 is 0 Å². The Labute approximate surface area is 122 Å². The Bertz CT molecular complexity index is 543. The molecule has 0 bridgehead atoms. The Kier molecular flexibility index (Phi) is 4.69. The van der Waals surface area contributed by atoms with E-state index in [1.807, 2.05) is 11.8 Å². The number of nitrogens with two attached hydrogens (primary N) is 1. The molecule has 8 heteroatoms. The zero-order chi connectivity index (χ0) is 15.4. The summed E-state index contributed by atoms with van der Waals surface area (Å²) < 4.78 is 0. The highest BCUT2D eigenvalue weighted by atomic mass is 16.6. The van der Waals surface area contributed by atoms with Gasteiger partial charge in [0.1, 0.15) is 12.0 Å². The van der Waals surface area contributed by atoms with Gasteiger partial charge in [-0.25, -0.2) is 4.98 Å². The molecule has 21 heavy (non-hydrogen) atoms. The maximum atomic E-state index is 11.6. The smallest absolute Gasteiger partial charge is 0.288 e. The zero-order valence-electron chi connectivity index (χ0n) is 11.9. The molecule has 1 aromatic rings. The molecule has 0 aromatic carbocycles. The lowest BCUT2D eigenvalue weighted by molar-refractivity contribution is -0.385. The number of amides is 1. The predicted molar refractivity (Wildman–Crippen MR) is 78.3 cm³/mol. The van der Waals surface area contributed by atoms with Crippen LogP contribution in [0.4, 0.5) is 11.5 Å². The van der Waals surface area contributed by atoms with Gasteiger partial charge in [0.15, 0.2) is 0 Å². The van der Waals surface area contributed by atoms with Gasteiger partial charge in [0.25, 0.3) is 11.6 Å². The van der Waals surface area contributed by atoms with Crippen molar-refractivity contribution >= 4 is 17.4 Å². The van der Waals surface area contributed by atoms with E-state index in [9.17, 15) is 14.9 Å². The fourth-order valence-electron chi connectivity index (χ4n) is 2.56. The summed E-state index contributed by atoms with van der Waals surface area (Å²) >= 11 is 0. The molecule has 114 valence electrons. The first-order chi connectivity index (χ1) is 10.0. The molecule has 3 N–H and O–H groups in total. The van der Waals surface area contributed by atoms with Crippen LogP contribution >= 0.6 is 0 Å². The number of anilines is 1. The van der Waals surface area contributed by atoms with Gasteiger partial charge >= 0.3 is 0 Å². The molecule has 2 heterocycles. The van der Waals surface area contributed by atoms with E-state index in [0.717, 1.165) is 32.5 Å². The molecule has 1 atom stereocenters. The predicted octanol–water partition coefficient (Wildman–Crippen LogP) is 0.667. The van der Waals surface area contributed by atoms with Gasteiger partial charge in [-0.3, -0.25) is 14.9 Å². The minimum atomic E-state index is -0.701. The van der Waals surface area contributed by atoms with Crippen LogP contribution in [0.5, 0.6) is 0 Å². The van der Waals surface area contributed by atoms with E-state index in [-0.39, 0.29) is 17.3 Å². The molecule has 1 amide bonds. The number of hydrogen-bond acceptors (Lipinski definition) is 6. The summed E-state index contributed by atoms with van der Waals surface area (Å²) in [5, 5.41) is 14.1. The Balaban J connectivity index is 2.43. The second-order valence-corrected chi connectivity index (χ2v) is 5.03. The first-order valence-corrected chi connectivity index (χ1v) is 6.96. The summed E-state index contributed by atoms with van der Waals surface area (Å²) in [5.74, 6) is -0.267. The molecule has 1 aliphatic heterocycles. The fourth-order valence-corrected chi connectivity index (χ4v) is 2.56. The highest BCUT2D eigenvalue weighted by Crippen LogP contribution is 2.25. The summed E-state index contributed by atoms with van der Waals surface area (Å²) in [5.41, 5.74) is 5.25. The van der Waals surface area contributed by atoms with Crippen molar-refractivity contribution in [3.8, 4) is 0 Å². The van der Waals surface area contributed by atoms with E-state index in [1.165, 1.54) is 12.3 Å². The number of rotatable bonds is 6. The Morgan fingerprint density at radius 3 is 2.95 bits per heavy atom. The van der Waals surface area contributed by atoms with Crippen molar-refractivity contribution in [1.82, 2.24) is 10.3 Å². The summed E-state index contributed by atoms with van der Waals surface area (Å²) in [6.45, 7) is 4.46. The van der Waals surface area contributed by atoms with Crippen LogP contribution in [-0.4, -0.2) is 41.5 Å². The summed E-state index contributed by atoms with van der Waals surface area (Å²) in [7, 11) is 0. The van der Waals surface area contributed by atoms with Crippen molar-refractivity contribution in [1.29, 1.82) is 0 Å². The third-order valence-corrected chi connectivity index (χ3v) is 3.54. The van der Waals surface area contributed by atoms with Gasteiger partial charge in [0.2, 0.25) is 0 Å². The van der Waals surface area contributed by atoms with Crippen LogP contribution in [0.25, 0.3) is 0 Å². The first kappa shape index (κ1) is 15.2. The van der Waals surface area contributed by atoms with Crippen molar-refractivity contribution in [2.24, 2.45) is 5.73 Å². The number of nitro groups is 1. The Morgan fingerprint density at radius 1 is 1.67 bits per heavy atom. The van der Waals surface area contributed by atoms with Crippen molar-refractivity contribution in [2.75, 3.05) is 24.5 Å². The summed E-state index contributed by atoms with van der Waals surface area (Å²) in [6.07, 6.45) is 3.00. The normalized spacial score (nSPS) is 17.7. The topological polar surface area (TPSA) is 114 Å². The minimum absolute atomic E-state index is 0.101. The largest absolute Gasteiger partial charge is 0.365 e. The standard InChI is InChI=1S/C13H19N5O3/c1-2-5-17(9-3-4-15-7-9)13-11(12(14)19)6-10(8-16-13)18(20)21/h6,8-9,15H,2-5,7H2,1H3,(H2,14,19). The van der Waals surface area contributed by atoms with Crippen LogP contribution in [-0.2, 0) is 0 Å². The number of nitrogens with zero attached hydrogens (tertiary/aromatic N) is 3. The molecule has 2 rings (SSSR count). The fraction of sp³-hybridized carbons (Fsp3) is 0.538. The van der Waals surface area contributed by atoms with Gasteiger partial charge in [-0.15, -0.1) is 0 Å². The number of primary amides is 1. The quantitative estimate of drug-likeness (QED) is 0.588. The van der Waals surface area contributed by atoms with Crippen molar-refractivity contribution < 1.29 is 9.72 Å². The van der Waals surface area contributed by atoms with Crippen LogP contribution < -0.4 is 16.0 Å². The van der Waals surface area contributed by atoms with Crippen molar-refractivity contribution in [3.05, 3.63) is 27.9 Å². The average Bonchev–Trinajstić information content (AvgIpc) is 2.98. The summed E-state index contributed by atoms with van der Waals surface area (Å²) in [6, 6.07) is 1.42. The number of pyridine rings is 1. The monoisotopic (exact) mass is 293 g/mol. The molecule has 8 nitrogen and oxygen atoms in total. The number of carbonyl (C=O) groups excluding carboxylic acids is 1. The Morgan fingerprint density at radius 2 is 2.43 bits per heavy atom. The first-order valence-electron chi connectivity index (χ1n) is 6.96. The van der Waals surface area contributed by atoms with Crippen LogP contribution in [0.3, 0.4) is 0 Å². The molecule has 1 fully saturated rings. The van der Waals surface area contributed by atoms with Crippen molar-refractivity contribution in [2.45, 2.75) is 25.8 Å². The van der Waals surface area contributed by atoms with E-state index < -0.39 is 10.8 Å². The third kappa shape index (κ3) is 3.27. The third-order valence-electron chi connectivity index (χ3n) is 3.54. The van der Waals surface area contributed by atoms with E-state index in [0.29, 0.717) is 5.82 Å². The molecule has 0 aliphatic carbocycles. The molecule has 1 saturated heterocycles. The molecule has 1 aliphatic rings. The lowest BCUT2D eigenvalue weighted by atomic mass is 10.1. The van der Waals surface area contributed by atoms with Gasteiger partial charge in [0, 0.05) is 25.2 Å². The lowest BCUT2D eigenvalue weighted by Crippen LogP contribution is -2.39. The lowest BCUT2D eigenvalue weighted by Gasteiger charge is -2.30. The zero-order valence-corrected chi connectivity index (χ0v) is 11.9. The van der Waals surface area contributed by atoms with Crippen LogP contribution in [0, 0.1) is 10.1 Å². The van der Waals surface area contributed by atoms with E-state index in [4.69, 9.17) is 5.73 Å². The maximum absolute atomic E-state index is 11.6. The van der Waals surface area contributed by atoms with Gasteiger partial charge < -0.3 is 16.0 Å². The molecule has 1 unspecified atom stereocenters. The van der Waals surface area contributed by atoms with Crippen LogP contribution in [0.2, 0.25) is 0 Å². The van der Waals surface area contributed by atoms with E-state index in [1.54, 1.807) is 0 Å². The number of carbonyl (C=O) groups is 1. The molecule has 1 aromatic heterocycles. The highest BCUT2D eigenvalue weighted by molar-refractivity contribution is 5.98. The van der Waals surface area contributed by atoms with Gasteiger partial charge in [-0.2, -0.15) is 0 Å². The second kappa shape index (κ2) is 6.49. The molecule has 0 spiro atoms. The molecule has 0 radical (unpaired) electrons. The molecule has 0 saturated carbocycles. The maximum Gasteiger partial charge on any atom is 0.288 e. The van der Waals surface area contributed by atoms with Gasteiger partial charge in [-0.1, -0.05) is 6.92 Å². The van der Waals surface area contributed by atoms with Gasteiger partial charge in [-0.05, 0) is 19.4 Å². The molecular weight excluding hydrogens is 274 g/mol. The second-order valence-electron chi connectivity index (χ2n) is 5.03. The van der Waals surface area contributed by atoms with Crippen LogP contribution in [0.1, 0.15) is 30.1 Å². The van der Waals surface area contributed by atoms with Crippen molar-refractivity contribution in [3.63, 3.8) is 0 Å². The highest BCUT2D eigenvalue weighted by Gasteiger charge is 2.27. The van der Waals surface area contributed by atoms with E-state index in [2.05, 4.69) is 10.3 Å². The van der Waals surface area contributed by atoms with Gasteiger partial charge in [0.05, 0.1) is 10.5 Å². The SMILES string of the molecule is CCCN(c1ncc([N+](=O)[O-])cc1C(N)=O)C1CCNC1. The number of nitrogens with one attached hydrogen (secondary N) is 1. The molecular formula is C13H19N5O3. The number of hydrogen-bond donors (Lipinski definition) is 2. The summed E-state index contributed by atoms with van der Waals surface area (Å²) in [4.78, 5) is 28.0. The van der Waals surface area contributed by atoms with Crippen LogP contribution in [0.15, 0.2) is 12.3 Å². The Hall–Kier alpha value is -2.22. The number of aromatic nitrogens is 1. The average molecular weight is 293 g/mol. The minimum Gasteiger partial charge on any atom is -0.365 e.